The summed E-state index contributed by atoms with van der Waals surface area (Å²) >= 11 is 0. The Balaban J connectivity index is 5.20. The Morgan fingerprint density at radius 2 is 0.526 bits per heavy atom. The molecule has 19 heteroatoms. The van der Waals surface area contributed by atoms with Crippen molar-refractivity contribution in [3.8, 4) is 0 Å². The third-order valence-corrected chi connectivity index (χ3v) is 20.8. The molecule has 0 aliphatic rings. The molecule has 0 saturated carbocycles. The first-order chi connectivity index (χ1) is 46.8. The van der Waals surface area contributed by atoms with Gasteiger partial charge in [-0.15, -0.1) is 0 Å². The van der Waals surface area contributed by atoms with Crippen LogP contribution in [0, 0.1) is 17.8 Å². The molecule has 0 fully saturated rings. The summed E-state index contributed by atoms with van der Waals surface area (Å²) in [4.78, 5) is 72.8. The molecule has 4 unspecified atom stereocenters. The van der Waals surface area contributed by atoms with Crippen molar-refractivity contribution in [3.63, 3.8) is 0 Å². The number of ether oxygens (including phenoxy) is 4. The number of aliphatic hydroxyl groups is 1. The lowest BCUT2D eigenvalue weighted by Gasteiger charge is -2.21. The summed E-state index contributed by atoms with van der Waals surface area (Å²) in [6.45, 7) is 12.0. The molecule has 0 aromatic rings. The molecule has 0 radical (unpaired) electrons. The van der Waals surface area contributed by atoms with Crippen LogP contribution in [0.5, 0.6) is 0 Å². The smallest absolute Gasteiger partial charge is 0.462 e. The third-order valence-electron chi connectivity index (χ3n) is 18.9. The highest BCUT2D eigenvalue weighted by Gasteiger charge is 2.30. The number of esters is 4. The molecule has 0 aliphatic carbocycles. The molecule has 0 rings (SSSR count). The SMILES string of the molecule is CCCCCCCCCCCCCC(=O)OC[C@H](COP(=O)(O)OC[C@H](O)COP(=O)(O)OC[C@@H](COC(=O)CCCCCCCCCCCC(C)C)OC(=O)CCCCCCCCCCCCCCCCCCCCC(C)CC)OC(=O)CCCCCCCCCCC(C)CC. The van der Waals surface area contributed by atoms with Crippen LogP contribution in [0.4, 0.5) is 0 Å². The van der Waals surface area contributed by atoms with Crippen LogP contribution >= 0.6 is 15.6 Å². The number of unbranched alkanes of at least 4 members (excludes halogenated alkanes) is 42. The summed E-state index contributed by atoms with van der Waals surface area (Å²) in [7, 11) is -9.91. The zero-order chi connectivity index (χ0) is 71.6. The highest BCUT2D eigenvalue weighted by atomic mass is 31.2. The van der Waals surface area contributed by atoms with E-state index in [1.807, 2.05) is 0 Å². The molecule has 0 heterocycles. The van der Waals surface area contributed by atoms with E-state index in [1.54, 1.807) is 0 Å². The molecular weight excluding hydrogens is 1270 g/mol. The summed E-state index contributed by atoms with van der Waals surface area (Å²) in [6, 6.07) is 0. The maximum atomic E-state index is 13.1. The van der Waals surface area contributed by atoms with Gasteiger partial charge in [-0.1, -0.05) is 350 Å². The molecule has 3 N–H and O–H groups in total. The van der Waals surface area contributed by atoms with Gasteiger partial charge in [-0.25, -0.2) is 9.13 Å². The van der Waals surface area contributed by atoms with E-state index in [0.29, 0.717) is 25.7 Å². The summed E-state index contributed by atoms with van der Waals surface area (Å²) in [6.07, 6.45) is 55.5. The number of phosphoric acid groups is 2. The molecule has 0 bridgehead atoms. The summed E-state index contributed by atoms with van der Waals surface area (Å²) < 4.78 is 68.6. The van der Waals surface area contributed by atoms with Gasteiger partial charge in [0.05, 0.1) is 26.4 Å². The van der Waals surface area contributed by atoms with Crippen molar-refractivity contribution < 1.29 is 80.2 Å². The average Bonchev–Trinajstić information content (AvgIpc) is 1.27. The minimum atomic E-state index is -4.96. The number of carbonyl (C=O) groups excluding carboxylic acids is 4. The fourth-order valence-corrected chi connectivity index (χ4v) is 13.5. The van der Waals surface area contributed by atoms with E-state index < -0.39 is 97.5 Å². The molecular formula is C78H152O17P2. The Hall–Kier alpha value is -1.94. The van der Waals surface area contributed by atoms with Crippen LogP contribution in [-0.4, -0.2) is 96.7 Å². The van der Waals surface area contributed by atoms with E-state index in [0.717, 1.165) is 108 Å². The molecule has 576 valence electrons. The monoisotopic (exact) mass is 1420 g/mol. The molecule has 0 aliphatic heterocycles. The Bertz CT molecular complexity index is 1890. The van der Waals surface area contributed by atoms with Gasteiger partial charge in [0.15, 0.2) is 12.2 Å². The zero-order valence-electron chi connectivity index (χ0n) is 63.5. The molecule has 0 saturated heterocycles. The molecule has 0 aromatic carbocycles. The first kappa shape index (κ1) is 95.1. The van der Waals surface area contributed by atoms with Gasteiger partial charge < -0.3 is 33.8 Å². The lowest BCUT2D eigenvalue weighted by Crippen LogP contribution is -2.30. The Labute approximate surface area is 594 Å². The number of hydrogen-bond acceptors (Lipinski definition) is 15. The molecule has 7 atom stereocenters. The largest absolute Gasteiger partial charge is 0.472 e. The van der Waals surface area contributed by atoms with Gasteiger partial charge in [-0.3, -0.25) is 37.3 Å². The van der Waals surface area contributed by atoms with Gasteiger partial charge in [0, 0.05) is 25.7 Å². The molecule has 0 amide bonds. The Morgan fingerprint density at radius 3 is 0.784 bits per heavy atom. The first-order valence-electron chi connectivity index (χ1n) is 40.4. The highest BCUT2D eigenvalue weighted by Crippen LogP contribution is 2.45. The van der Waals surface area contributed by atoms with Crippen molar-refractivity contribution >= 4 is 39.5 Å². The minimum Gasteiger partial charge on any atom is -0.462 e. The zero-order valence-corrected chi connectivity index (χ0v) is 65.3. The van der Waals surface area contributed by atoms with E-state index in [-0.39, 0.29) is 25.7 Å². The second kappa shape index (κ2) is 68.5. The fourth-order valence-electron chi connectivity index (χ4n) is 11.9. The van der Waals surface area contributed by atoms with E-state index >= 15 is 0 Å². The number of carbonyl (C=O) groups is 4. The normalized spacial score (nSPS) is 14.6. The van der Waals surface area contributed by atoms with E-state index in [9.17, 15) is 43.2 Å². The standard InChI is InChI=1S/C78H152O17P2/c1-8-11-12-13-14-15-24-30-38-45-52-59-75(80)88-66-74(95-78(83)62-55-48-41-34-33-37-44-51-58-71(7)10-3)68-93-97(86,87)91-64-72(79)63-90-96(84,85)92-67-73(65-89-76(81)60-53-46-39-32-27-28-35-42-49-56-69(4)5)94-77(82)61-54-47-40-31-26-23-21-19-17-16-18-20-22-25-29-36-43-50-57-70(6)9-2/h69-74,79H,8-68H2,1-7H3,(H,84,85)(H,86,87)/t70?,71?,72-,73-,74-/m1/s1. The molecule has 17 nitrogen and oxygen atoms in total. The van der Waals surface area contributed by atoms with Crippen LogP contribution in [-0.2, 0) is 65.4 Å². The van der Waals surface area contributed by atoms with E-state index in [4.69, 9.17) is 37.0 Å². The maximum absolute atomic E-state index is 13.1. The number of rotatable bonds is 76. The van der Waals surface area contributed by atoms with Crippen LogP contribution in [0.1, 0.15) is 402 Å². The quantitative estimate of drug-likeness (QED) is 0.0222. The minimum absolute atomic E-state index is 0.105. The van der Waals surface area contributed by atoms with Crippen molar-refractivity contribution in [2.45, 2.75) is 420 Å². The molecule has 0 aromatic heterocycles. The van der Waals surface area contributed by atoms with Crippen LogP contribution in [0.2, 0.25) is 0 Å². The average molecular weight is 1420 g/mol. The van der Waals surface area contributed by atoms with Gasteiger partial charge in [0.2, 0.25) is 0 Å². The molecule has 0 spiro atoms. The second-order valence-electron chi connectivity index (χ2n) is 29.1. The highest BCUT2D eigenvalue weighted by molar-refractivity contribution is 7.47. The van der Waals surface area contributed by atoms with Gasteiger partial charge in [-0.05, 0) is 43.4 Å². The Morgan fingerprint density at radius 1 is 0.299 bits per heavy atom. The molecule has 97 heavy (non-hydrogen) atoms. The van der Waals surface area contributed by atoms with Gasteiger partial charge in [0.25, 0.3) is 0 Å². The Kier molecular flexibility index (Phi) is 67.1. The van der Waals surface area contributed by atoms with Crippen molar-refractivity contribution in [2.75, 3.05) is 39.6 Å². The predicted octanol–water partition coefficient (Wildman–Crippen LogP) is 23.0. The second-order valence-corrected chi connectivity index (χ2v) is 32.0. The lowest BCUT2D eigenvalue weighted by molar-refractivity contribution is -0.161. The van der Waals surface area contributed by atoms with Crippen LogP contribution in [0.3, 0.4) is 0 Å². The van der Waals surface area contributed by atoms with E-state index in [1.165, 1.54) is 212 Å². The fraction of sp³-hybridized carbons (Fsp3) is 0.949. The first-order valence-corrected chi connectivity index (χ1v) is 43.4. The summed E-state index contributed by atoms with van der Waals surface area (Å²) in [5.41, 5.74) is 0. The lowest BCUT2D eigenvalue weighted by atomic mass is 9.99. The van der Waals surface area contributed by atoms with Gasteiger partial charge in [0.1, 0.15) is 19.3 Å². The van der Waals surface area contributed by atoms with Crippen molar-refractivity contribution in [2.24, 2.45) is 17.8 Å². The van der Waals surface area contributed by atoms with E-state index in [2.05, 4.69) is 48.5 Å². The predicted molar refractivity (Wildman–Crippen MR) is 395 cm³/mol. The van der Waals surface area contributed by atoms with Crippen LogP contribution < -0.4 is 0 Å². The third kappa shape index (κ3) is 69.5. The van der Waals surface area contributed by atoms with Crippen molar-refractivity contribution in [3.05, 3.63) is 0 Å². The number of aliphatic hydroxyl groups excluding tert-OH is 1. The maximum Gasteiger partial charge on any atom is 0.472 e. The number of hydrogen-bond donors (Lipinski definition) is 3. The topological polar surface area (TPSA) is 237 Å². The summed E-state index contributed by atoms with van der Waals surface area (Å²) in [5.74, 6) is 0.267. The van der Waals surface area contributed by atoms with Crippen LogP contribution in [0.15, 0.2) is 0 Å². The van der Waals surface area contributed by atoms with Gasteiger partial charge in [-0.2, -0.15) is 0 Å². The number of phosphoric ester groups is 2. The summed E-state index contributed by atoms with van der Waals surface area (Å²) in [5, 5.41) is 10.6. The van der Waals surface area contributed by atoms with Crippen LogP contribution in [0.25, 0.3) is 0 Å². The van der Waals surface area contributed by atoms with Gasteiger partial charge >= 0.3 is 39.5 Å². The van der Waals surface area contributed by atoms with Crippen molar-refractivity contribution in [1.82, 2.24) is 0 Å². The van der Waals surface area contributed by atoms with Crippen molar-refractivity contribution in [1.29, 1.82) is 0 Å².